The number of aryl methyl sites for hydroxylation is 1. The minimum Gasteiger partial charge on any atom is -0.508 e. The fraction of sp³-hybridized carbons (Fsp3) is 0.286. The van der Waals surface area contributed by atoms with Crippen molar-refractivity contribution in [2.75, 3.05) is 11.1 Å². The van der Waals surface area contributed by atoms with Crippen LogP contribution in [0.15, 0.2) is 30.9 Å². The van der Waals surface area contributed by atoms with Crippen LogP contribution >= 0.6 is 0 Å². The Hall–Kier alpha value is -4.15. The third-order valence-electron chi connectivity index (χ3n) is 5.71. The van der Waals surface area contributed by atoms with Crippen LogP contribution in [0.3, 0.4) is 0 Å². The summed E-state index contributed by atoms with van der Waals surface area (Å²) in [6.07, 6.45) is 7.31. The third kappa shape index (κ3) is 2.93. The maximum atomic E-state index is 13.0. The number of pyridine rings is 1. The molecule has 0 aromatic carbocycles. The molecule has 0 saturated carbocycles. The van der Waals surface area contributed by atoms with Gasteiger partial charge >= 0.3 is 0 Å². The van der Waals surface area contributed by atoms with Gasteiger partial charge in [0.2, 0.25) is 5.91 Å². The lowest BCUT2D eigenvalue weighted by molar-refractivity contribution is -0.119. The van der Waals surface area contributed by atoms with Crippen molar-refractivity contribution in [1.82, 2.24) is 34.5 Å². The third-order valence-corrected chi connectivity index (χ3v) is 5.71. The van der Waals surface area contributed by atoms with E-state index in [1.54, 1.807) is 17.6 Å². The van der Waals surface area contributed by atoms with Gasteiger partial charge in [0.15, 0.2) is 11.5 Å². The van der Waals surface area contributed by atoms with Gasteiger partial charge in [-0.25, -0.2) is 24.5 Å². The highest BCUT2D eigenvalue weighted by atomic mass is 16.3. The van der Waals surface area contributed by atoms with Gasteiger partial charge in [0, 0.05) is 12.3 Å². The van der Waals surface area contributed by atoms with E-state index in [2.05, 4.69) is 37.3 Å². The quantitative estimate of drug-likeness (QED) is 0.429. The number of carbonyl (C=O) groups excluding carboxylic acids is 1. The maximum absolute atomic E-state index is 13.0. The summed E-state index contributed by atoms with van der Waals surface area (Å²) >= 11 is 0. The van der Waals surface area contributed by atoms with Crippen LogP contribution in [0.4, 0.5) is 11.6 Å². The molecule has 5 rings (SSSR count). The molecule has 0 aliphatic carbocycles. The molecule has 1 atom stereocenters. The first-order valence-electron chi connectivity index (χ1n) is 10.3. The fourth-order valence-corrected chi connectivity index (χ4v) is 3.97. The number of hydrogen-bond donors (Lipinski definition) is 3. The minimum absolute atomic E-state index is 0.00136. The molecule has 11 nitrogen and oxygen atoms in total. The Morgan fingerprint density at radius 3 is 2.88 bits per heavy atom. The number of hydrogen-bond acceptors (Lipinski definition) is 9. The zero-order valence-corrected chi connectivity index (χ0v) is 17.6. The second-order valence-corrected chi connectivity index (χ2v) is 7.84. The lowest BCUT2D eigenvalue weighted by Gasteiger charge is -2.22. The van der Waals surface area contributed by atoms with Gasteiger partial charge in [-0.1, -0.05) is 13.3 Å². The molecule has 4 N–H and O–H groups in total. The number of unbranched alkanes of at least 4 members (excludes halogenated alkanes) is 1. The standard InChI is InChI=1S/C21H21N9O2/c1-3-4-5-12-19-24-10-25-30(19)9-13(26-12)17-27-16(22)15-18(28-17)29-20(32)21(15,2)14-8-11(31)6-7-23-14/h6-10H,3-5H2,1-2H3,(H,23,31)(H3,22,27,28,29,32). The van der Waals surface area contributed by atoms with Crippen molar-refractivity contribution in [3.05, 3.63) is 47.8 Å². The van der Waals surface area contributed by atoms with E-state index in [0.717, 1.165) is 25.0 Å². The van der Waals surface area contributed by atoms with Gasteiger partial charge in [0.1, 0.15) is 34.8 Å². The number of amides is 1. The van der Waals surface area contributed by atoms with E-state index in [1.165, 1.54) is 24.7 Å². The number of anilines is 2. The molecule has 1 aliphatic heterocycles. The van der Waals surface area contributed by atoms with Gasteiger partial charge in [-0.3, -0.25) is 9.78 Å². The minimum atomic E-state index is -1.24. The van der Waals surface area contributed by atoms with Gasteiger partial charge in [0.25, 0.3) is 0 Å². The molecular weight excluding hydrogens is 410 g/mol. The number of carbonyl (C=O) groups is 1. The zero-order chi connectivity index (χ0) is 22.5. The van der Waals surface area contributed by atoms with Crippen molar-refractivity contribution in [1.29, 1.82) is 0 Å². The average molecular weight is 431 g/mol. The summed E-state index contributed by atoms with van der Waals surface area (Å²) in [5.74, 6) is 0.336. The van der Waals surface area contributed by atoms with Crippen LogP contribution in [-0.4, -0.2) is 45.5 Å². The molecule has 5 heterocycles. The van der Waals surface area contributed by atoms with Crippen LogP contribution in [0.25, 0.3) is 17.2 Å². The summed E-state index contributed by atoms with van der Waals surface area (Å²) in [4.78, 5) is 35.3. The second kappa shape index (κ2) is 7.22. The number of aromatic nitrogens is 7. The Balaban J connectivity index is 1.64. The van der Waals surface area contributed by atoms with Crippen LogP contribution in [0.1, 0.15) is 43.6 Å². The molecule has 32 heavy (non-hydrogen) atoms. The van der Waals surface area contributed by atoms with Crippen LogP contribution < -0.4 is 11.1 Å². The highest BCUT2D eigenvalue weighted by Crippen LogP contribution is 2.44. The van der Waals surface area contributed by atoms with E-state index in [4.69, 9.17) is 10.7 Å². The largest absolute Gasteiger partial charge is 0.508 e. The van der Waals surface area contributed by atoms with Gasteiger partial charge in [-0.2, -0.15) is 5.10 Å². The molecule has 4 aromatic rings. The van der Waals surface area contributed by atoms with Crippen LogP contribution in [-0.2, 0) is 16.6 Å². The molecule has 0 bridgehead atoms. The normalized spacial score (nSPS) is 17.5. The van der Waals surface area contributed by atoms with E-state index in [-0.39, 0.29) is 23.3 Å². The fourth-order valence-electron chi connectivity index (χ4n) is 3.97. The van der Waals surface area contributed by atoms with Crippen molar-refractivity contribution in [3.8, 4) is 17.3 Å². The molecule has 0 saturated heterocycles. The lowest BCUT2D eigenvalue weighted by Crippen LogP contribution is -2.33. The summed E-state index contributed by atoms with van der Waals surface area (Å²) in [6, 6.07) is 2.87. The van der Waals surface area contributed by atoms with Gasteiger partial charge in [-0.15, -0.1) is 0 Å². The molecule has 1 unspecified atom stereocenters. The van der Waals surface area contributed by atoms with Crippen molar-refractivity contribution in [2.45, 2.75) is 38.5 Å². The first kappa shape index (κ1) is 19.8. The second-order valence-electron chi connectivity index (χ2n) is 7.84. The van der Waals surface area contributed by atoms with Gasteiger partial charge in [-0.05, 0) is 25.8 Å². The predicted octanol–water partition coefficient (Wildman–Crippen LogP) is 1.86. The number of nitrogens with two attached hydrogens (primary N) is 1. The predicted molar refractivity (Wildman–Crippen MR) is 116 cm³/mol. The Morgan fingerprint density at radius 1 is 1.25 bits per heavy atom. The van der Waals surface area contributed by atoms with E-state index in [1.807, 2.05) is 0 Å². The number of fused-ring (bicyclic) bond motifs is 2. The number of rotatable bonds is 5. The summed E-state index contributed by atoms with van der Waals surface area (Å²) in [5.41, 5.74) is 7.81. The number of nitrogen functional groups attached to an aromatic ring is 1. The summed E-state index contributed by atoms with van der Waals surface area (Å²) in [5, 5.41) is 16.9. The van der Waals surface area contributed by atoms with Crippen molar-refractivity contribution >= 4 is 23.2 Å². The average Bonchev–Trinajstić information content (AvgIpc) is 3.35. The van der Waals surface area contributed by atoms with Crippen LogP contribution in [0.5, 0.6) is 5.75 Å². The Bertz CT molecular complexity index is 1370. The summed E-state index contributed by atoms with van der Waals surface area (Å²) in [7, 11) is 0. The Kier molecular flexibility index (Phi) is 4.47. The van der Waals surface area contributed by atoms with E-state index in [0.29, 0.717) is 28.4 Å². The summed E-state index contributed by atoms with van der Waals surface area (Å²) < 4.78 is 1.64. The van der Waals surface area contributed by atoms with Crippen molar-refractivity contribution in [3.63, 3.8) is 0 Å². The molecule has 1 amide bonds. The molecule has 0 spiro atoms. The molecule has 162 valence electrons. The first-order valence-corrected chi connectivity index (χ1v) is 10.3. The first-order chi connectivity index (χ1) is 15.4. The van der Waals surface area contributed by atoms with E-state index in [9.17, 15) is 9.90 Å². The maximum Gasteiger partial charge on any atom is 0.242 e. The van der Waals surface area contributed by atoms with Crippen molar-refractivity contribution < 1.29 is 9.90 Å². The molecule has 0 radical (unpaired) electrons. The van der Waals surface area contributed by atoms with E-state index >= 15 is 0 Å². The van der Waals surface area contributed by atoms with Gasteiger partial charge in [0.05, 0.1) is 23.1 Å². The molecule has 0 fully saturated rings. The number of nitrogens with one attached hydrogen (secondary N) is 1. The molecule has 11 heteroatoms. The molecule has 4 aromatic heterocycles. The van der Waals surface area contributed by atoms with Crippen molar-refractivity contribution in [2.24, 2.45) is 0 Å². The zero-order valence-electron chi connectivity index (χ0n) is 17.6. The Labute approximate surface area is 182 Å². The monoisotopic (exact) mass is 431 g/mol. The smallest absolute Gasteiger partial charge is 0.242 e. The van der Waals surface area contributed by atoms with Crippen LogP contribution in [0.2, 0.25) is 0 Å². The molecular formula is C21H21N9O2. The molecule has 1 aliphatic rings. The topological polar surface area (TPSA) is 157 Å². The number of nitrogens with zero attached hydrogens (tertiary/aromatic N) is 7. The Morgan fingerprint density at radius 2 is 2.09 bits per heavy atom. The number of aromatic hydroxyl groups is 1. The van der Waals surface area contributed by atoms with Gasteiger partial charge < -0.3 is 16.2 Å². The van der Waals surface area contributed by atoms with Crippen LogP contribution in [0, 0.1) is 0 Å². The van der Waals surface area contributed by atoms with E-state index < -0.39 is 5.41 Å². The lowest BCUT2D eigenvalue weighted by atomic mass is 9.81. The SMILES string of the molecule is CCCCc1nc(-c2nc(N)c3c(n2)NC(=O)C3(C)c2cc(O)ccn2)cn2ncnc12. The highest BCUT2D eigenvalue weighted by molar-refractivity contribution is 6.08. The summed E-state index contributed by atoms with van der Waals surface area (Å²) in [6.45, 7) is 3.79. The highest BCUT2D eigenvalue weighted by Gasteiger charge is 2.48.